The van der Waals surface area contributed by atoms with Gasteiger partial charge in [0, 0.05) is 13.1 Å². The molecule has 1 atom stereocenters. The van der Waals surface area contributed by atoms with E-state index in [4.69, 9.17) is 10.8 Å². The van der Waals surface area contributed by atoms with Crippen LogP contribution in [0.25, 0.3) is 0 Å². The third kappa shape index (κ3) is 6.46. The van der Waals surface area contributed by atoms with Gasteiger partial charge in [0.15, 0.2) is 0 Å². The SMILES string of the molecule is CCC(NC(=O)NCCNC(N)=O)C(=O)O. The van der Waals surface area contributed by atoms with E-state index in [9.17, 15) is 14.4 Å². The van der Waals surface area contributed by atoms with Crippen LogP contribution in [0.1, 0.15) is 13.3 Å². The number of carbonyl (C=O) groups excluding carboxylic acids is 2. The van der Waals surface area contributed by atoms with Gasteiger partial charge in [-0.05, 0) is 6.42 Å². The molecule has 0 fully saturated rings. The Morgan fingerprint density at radius 1 is 1.25 bits per heavy atom. The first-order valence-electron chi connectivity index (χ1n) is 4.77. The molecular formula is C8H16N4O4. The fourth-order valence-electron chi connectivity index (χ4n) is 0.909. The molecule has 0 saturated carbocycles. The Bertz CT molecular complexity index is 269. The molecule has 0 aromatic carbocycles. The molecule has 0 spiro atoms. The maximum Gasteiger partial charge on any atom is 0.326 e. The number of amides is 4. The van der Waals surface area contributed by atoms with Crippen molar-refractivity contribution in [3.63, 3.8) is 0 Å². The molecule has 0 aliphatic carbocycles. The smallest absolute Gasteiger partial charge is 0.326 e. The van der Waals surface area contributed by atoms with Gasteiger partial charge < -0.3 is 26.8 Å². The first kappa shape index (κ1) is 14.0. The molecule has 1 unspecified atom stereocenters. The molecular weight excluding hydrogens is 216 g/mol. The quantitative estimate of drug-likeness (QED) is 0.368. The highest BCUT2D eigenvalue weighted by atomic mass is 16.4. The molecule has 0 heterocycles. The Morgan fingerprint density at radius 2 is 1.81 bits per heavy atom. The Kier molecular flexibility index (Phi) is 6.41. The van der Waals surface area contributed by atoms with E-state index in [0.29, 0.717) is 6.42 Å². The van der Waals surface area contributed by atoms with Gasteiger partial charge in [0.2, 0.25) is 0 Å². The second-order valence-corrected chi connectivity index (χ2v) is 2.99. The van der Waals surface area contributed by atoms with Gasteiger partial charge in [-0.1, -0.05) is 6.92 Å². The lowest BCUT2D eigenvalue weighted by Crippen LogP contribution is -2.47. The Morgan fingerprint density at radius 3 is 2.25 bits per heavy atom. The number of hydrogen-bond donors (Lipinski definition) is 5. The lowest BCUT2D eigenvalue weighted by molar-refractivity contribution is -0.139. The van der Waals surface area contributed by atoms with Crippen molar-refractivity contribution < 1.29 is 19.5 Å². The largest absolute Gasteiger partial charge is 0.480 e. The average Bonchev–Trinajstić information content (AvgIpc) is 2.20. The van der Waals surface area contributed by atoms with Crippen LogP contribution in [-0.2, 0) is 4.79 Å². The van der Waals surface area contributed by atoms with Gasteiger partial charge in [-0.2, -0.15) is 0 Å². The van der Waals surface area contributed by atoms with Crippen molar-refractivity contribution in [2.45, 2.75) is 19.4 Å². The molecule has 0 aliphatic heterocycles. The summed E-state index contributed by atoms with van der Waals surface area (Å²) in [6.45, 7) is 2.01. The van der Waals surface area contributed by atoms with E-state index in [1.807, 2.05) is 0 Å². The number of carbonyl (C=O) groups is 3. The number of rotatable bonds is 6. The number of hydrogen-bond acceptors (Lipinski definition) is 3. The normalized spacial score (nSPS) is 11.3. The van der Waals surface area contributed by atoms with Gasteiger partial charge in [-0.3, -0.25) is 0 Å². The van der Waals surface area contributed by atoms with Crippen LogP contribution in [0.2, 0.25) is 0 Å². The van der Waals surface area contributed by atoms with Crippen LogP contribution in [0.4, 0.5) is 9.59 Å². The standard InChI is InChI=1S/C8H16N4O4/c1-2-5(6(13)14)12-8(16)11-4-3-10-7(9)15/h5H,2-4H2,1H3,(H,13,14)(H3,9,10,15)(H2,11,12,16). The summed E-state index contributed by atoms with van der Waals surface area (Å²) >= 11 is 0. The molecule has 0 rings (SSSR count). The van der Waals surface area contributed by atoms with Gasteiger partial charge in [-0.15, -0.1) is 0 Å². The maximum absolute atomic E-state index is 11.1. The fraction of sp³-hybridized carbons (Fsp3) is 0.625. The molecule has 4 amide bonds. The summed E-state index contributed by atoms with van der Waals surface area (Å²) in [5, 5.41) is 15.6. The molecule has 0 bridgehead atoms. The number of carboxylic acids is 1. The number of carboxylic acid groups (broad SMARTS) is 1. The zero-order valence-corrected chi connectivity index (χ0v) is 8.95. The molecule has 0 aromatic heterocycles. The Hall–Kier alpha value is -1.99. The highest BCUT2D eigenvalue weighted by Crippen LogP contribution is 1.89. The zero-order chi connectivity index (χ0) is 12.6. The molecule has 0 radical (unpaired) electrons. The summed E-state index contributed by atoms with van der Waals surface area (Å²) in [6.07, 6.45) is 0.294. The summed E-state index contributed by atoms with van der Waals surface area (Å²) in [5.41, 5.74) is 4.80. The van der Waals surface area contributed by atoms with E-state index < -0.39 is 24.1 Å². The molecule has 0 saturated heterocycles. The highest BCUT2D eigenvalue weighted by molar-refractivity contribution is 5.82. The lowest BCUT2D eigenvalue weighted by Gasteiger charge is -2.13. The van der Waals surface area contributed by atoms with Gasteiger partial charge >= 0.3 is 18.0 Å². The van der Waals surface area contributed by atoms with Crippen LogP contribution in [0.15, 0.2) is 0 Å². The molecule has 92 valence electrons. The number of aliphatic carboxylic acids is 1. The third-order valence-corrected chi connectivity index (χ3v) is 1.72. The second-order valence-electron chi connectivity index (χ2n) is 2.99. The van der Waals surface area contributed by atoms with Crippen molar-refractivity contribution in [2.75, 3.05) is 13.1 Å². The van der Waals surface area contributed by atoms with Crippen LogP contribution >= 0.6 is 0 Å². The third-order valence-electron chi connectivity index (χ3n) is 1.72. The molecule has 0 aromatic rings. The minimum Gasteiger partial charge on any atom is -0.480 e. The van der Waals surface area contributed by atoms with E-state index >= 15 is 0 Å². The summed E-state index contributed by atoms with van der Waals surface area (Å²) in [4.78, 5) is 32.0. The van der Waals surface area contributed by atoms with E-state index in [2.05, 4.69) is 16.0 Å². The number of primary amides is 1. The van der Waals surface area contributed by atoms with Crippen molar-refractivity contribution in [3.8, 4) is 0 Å². The van der Waals surface area contributed by atoms with Gasteiger partial charge in [0.25, 0.3) is 0 Å². The first-order valence-corrected chi connectivity index (χ1v) is 4.77. The summed E-state index contributed by atoms with van der Waals surface area (Å²) < 4.78 is 0. The molecule has 0 aliphatic rings. The minimum atomic E-state index is -1.09. The van der Waals surface area contributed by atoms with Gasteiger partial charge in [0.05, 0.1) is 0 Å². The van der Waals surface area contributed by atoms with Crippen LogP contribution < -0.4 is 21.7 Å². The van der Waals surface area contributed by atoms with Crippen LogP contribution in [-0.4, -0.2) is 42.3 Å². The number of urea groups is 2. The predicted molar refractivity (Wildman–Crippen MR) is 55.8 cm³/mol. The van der Waals surface area contributed by atoms with Crippen molar-refractivity contribution >= 4 is 18.0 Å². The predicted octanol–water partition coefficient (Wildman–Crippen LogP) is -1.18. The first-order chi connectivity index (χ1) is 7.47. The second kappa shape index (κ2) is 7.32. The summed E-state index contributed by atoms with van der Waals surface area (Å²) in [6, 6.07) is -2.19. The minimum absolute atomic E-state index is 0.171. The molecule has 8 heteroatoms. The molecule has 16 heavy (non-hydrogen) atoms. The van der Waals surface area contributed by atoms with Gasteiger partial charge in [0.1, 0.15) is 6.04 Å². The van der Waals surface area contributed by atoms with Crippen LogP contribution in [0.3, 0.4) is 0 Å². The monoisotopic (exact) mass is 232 g/mol. The van der Waals surface area contributed by atoms with E-state index in [-0.39, 0.29) is 13.1 Å². The van der Waals surface area contributed by atoms with E-state index in [1.165, 1.54) is 0 Å². The Balaban J connectivity index is 3.73. The van der Waals surface area contributed by atoms with Crippen molar-refractivity contribution in [1.29, 1.82) is 0 Å². The topological polar surface area (TPSA) is 134 Å². The Labute approximate surface area is 92.6 Å². The van der Waals surface area contributed by atoms with Crippen molar-refractivity contribution in [2.24, 2.45) is 5.73 Å². The van der Waals surface area contributed by atoms with Crippen LogP contribution in [0.5, 0.6) is 0 Å². The van der Waals surface area contributed by atoms with E-state index in [1.54, 1.807) is 6.92 Å². The number of nitrogens with two attached hydrogens (primary N) is 1. The van der Waals surface area contributed by atoms with E-state index in [0.717, 1.165) is 0 Å². The maximum atomic E-state index is 11.1. The average molecular weight is 232 g/mol. The number of nitrogens with one attached hydrogen (secondary N) is 3. The van der Waals surface area contributed by atoms with Crippen LogP contribution in [0, 0.1) is 0 Å². The lowest BCUT2D eigenvalue weighted by atomic mass is 10.2. The summed E-state index contributed by atoms with van der Waals surface area (Å²) in [7, 11) is 0. The van der Waals surface area contributed by atoms with Gasteiger partial charge in [-0.25, -0.2) is 14.4 Å². The zero-order valence-electron chi connectivity index (χ0n) is 8.95. The highest BCUT2D eigenvalue weighted by Gasteiger charge is 2.16. The summed E-state index contributed by atoms with van der Waals surface area (Å²) in [5.74, 6) is -1.09. The molecule has 8 nitrogen and oxygen atoms in total. The van der Waals surface area contributed by atoms with Crippen molar-refractivity contribution in [1.82, 2.24) is 16.0 Å². The molecule has 6 N–H and O–H groups in total. The fourth-order valence-corrected chi connectivity index (χ4v) is 0.909. The van der Waals surface area contributed by atoms with Crippen molar-refractivity contribution in [3.05, 3.63) is 0 Å².